The van der Waals surface area contributed by atoms with E-state index in [0.717, 1.165) is 29.6 Å². The molecule has 1 aromatic carbocycles. The van der Waals surface area contributed by atoms with Crippen LogP contribution in [0.5, 0.6) is 0 Å². The van der Waals surface area contributed by atoms with Gasteiger partial charge in [0, 0.05) is 24.8 Å². The lowest BCUT2D eigenvalue weighted by molar-refractivity contribution is 0.0596. The molecule has 0 aliphatic rings. The zero-order chi connectivity index (χ0) is 22.0. The summed E-state index contributed by atoms with van der Waals surface area (Å²) in [6.45, 7) is 4.58. The van der Waals surface area contributed by atoms with Crippen molar-refractivity contribution >= 4 is 39.0 Å². The van der Waals surface area contributed by atoms with Crippen molar-refractivity contribution in [1.29, 1.82) is 0 Å². The first-order valence-corrected chi connectivity index (χ1v) is 10.7. The fourth-order valence-electron chi connectivity index (χ4n) is 2.41. The van der Waals surface area contributed by atoms with Crippen molar-refractivity contribution in [3.8, 4) is 0 Å². The van der Waals surface area contributed by atoms with E-state index in [2.05, 4.69) is 9.97 Å². The van der Waals surface area contributed by atoms with E-state index in [0.29, 0.717) is 0 Å². The fourth-order valence-corrected chi connectivity index (χ4v) is 3.26. The van der Waals surface area contributed by atoms with E-state index in [1.165, 1.54) is 6.07 Å². The Bertz CT molecular complexity index is 1020. The summed E-state index contributed by atoms with van der Waals surface area (Å²) < 4.78 is 43.7. The standard InChI is InChI=1S/C18H21ClFN3O5S/c1-18(2,3)28-17(25)23(16-12(7-8-24)15(19)21-10-22-16)14-6-5-11(9-13(14)20)29(4,26)27/h5-6,9-10,24H,7-8H2,1-4H3. The Balaban J connectivity index is 2.71. The van der Waals surface area contributed by atoms with Gasteiger partial charge in [-0.2, -0.15) is 0 Å². The number of benzene rings is 1. The molecule has 11 heteroatoms. The molecule has 0 bridgehead atoms. The summed E-state index contributed by atoms with van der Waals surface area (Å²) in [5.41, 5.74) is -0.998. The number of anilines is 2. The average molecular weight is 446 g/mol. The van der Waals surface area contributed by atoms with Gasteiger partial charge in [0.25, 0.3) is 0 Å². The number of aliphatic hydroxyl groups excluding tert-OH is 1. The van der Waals surface area contributed by atoms with Crippen LogP contribution in [0.1, 0.15) is 26.3 Å². The third kappa shape index (κ3) is 5.62. The maximum atomic E-state index is 14.9. The molecular weight excluding hydrogens is 425 g/mol. The Hall–Kier alpha value is -2.30. The predicted octanol–water partition coefficient (Wildman–Crippen LogP) is 3.28. The summed E-state index contributed by atoms with van der Waals surface area (Å²) in [5.74, 6) is -1.07. The molecule has 0 unspecified atom stereocenters. The smallest absolute Gasteiger partial charge is 0.420 e. The van der Waals surface area contributed by atoms with Gasteiger partial charge in [-0.3, -0.25) is 0 Å². The van der Waals surface area contributed by atoms with Crippen molar-refractivity contribution in [2.45, 2.75) is 37.7 Å². The lowest BCUT2D eigenvalue weighted by Gasteiger charge is -2.28. The van der Waals surface area contributed by atoms with E-state index < -0.39 is 27.3 Å². The number of nitrogens with zero attached hydrogens (tertiary/aromatic N) is 3. The van der Waals surface area contributed by atoms with E-state index in [1.807, 2.05) is 0 Å². The van der Waals surface area contributed by atoms with Crippen LogP contribution in [-0.4, -0.2) is 48.0 Å². The minimum absolute atomic E-state index is 0.00263. The highest BCUT2D eigenvalue weighted by molar-refractivity contribution is 7.90. The molecule has 0 aliphatic carbocycles. The Kier molecular flexibility index (Phi) is 6.82. The molecule has 0 spiro atoms. The van der Waals surface area contributed by atoms with Crippen molar-refractivity contribution < 1.29 is 27.4 Å². The maximum absolute atomic E-state index is 14.9. The normalized spacial score (nSPS) is 12.0. The van der Waals surface area contributed by atoms with Crippen LogP contribution in [0.4, 0.5) is 20.7 Å². The fraction of sp³-hybridized carbons (Fsp3) is 0.389. The van der Waals surface area contributed by atoms with E-state index in [1.54, 1.807) is 20.8 Å². The third-order valence-corrected chi connectivity index (χ3v) is 5.04. The average Bonchev–Trinajstić information content (AvgIpc) is 2.57. The summed E-state index contributed by atoms with van der Waals surface area (Å²) in [4.78, 5) is 21.4. The van der Waals surface area contributed by atoms with E-state index in [9.17, 15) is 22.7 Å². The Labute approximate surface area is 173 Å². The van der Waals surface area contributed by atoms with Gasteiger partial charge >= 0.3 is 6.09 Å². The van der Waals surface area contributed by atoms with Crippen LogP contribution in [0, 0.1) is 5.82 Å². The molecule has 0 saturated heterocycles. The zero-order valence-corrected chi connectivity index (χ0v) is 17.9. The lowest BCUT2D eigenvalue weighted by Crippen LogP contribution is -2.35. The Morgan fingerprint density at radius 1 is 1.31 bits per heavy atom. The Morgan fingerprint density at radius 3 is 2.48 bits per heavy atom. The van der Waals surface area contributed by atoms with Crippen molar-refractivity contribution in [3.05, 3.63) is 41.1 Å². The molecular formula is C18H21ClFN3O5S. The number of rotatable bonds is 5. The van der Waals surface area contributed by atoms with Crippen LogP contribution in [0.2, 0.25) is 5.15 Å². The van der Waals surface area contributed by atoms with Crippen LogP contribution in [0.15, 0.2) is 29.4 Å². The van der Waals surface area contributed by atoms with Gasteiger partial charge < -0.3 is 9.84 Å². The highest BCUT2D eigenvalue weighted by Gasteiger charge is 2.31. The quantitative estimate of drug-likeness (QED) is 0.703. The largest absolute Gasteiger partial charge is 0.443 e. The molecule has 2 aromatic rings. The first kappa shape index (κ1) is 23.0. The first-order valence-electron chi connectivity index (χ1n) is 8.48. The molecule has 0 atom stereocenters. The predicted molar refractivity (Wildman–Crippen MR) is 106 cm³/mol. The molecule has 0 radical (unpaired) electrons. The number of hydrogen-bond donors (Lipinski definition) is 1. The van der Waals surface area contributed by atoms with Gasteiger partial charge in [0.1, 0.15) is 22.9 Å². The molecule has 1 aromatic heterocycles. The summed E-state index contributed by atoms with van der Waals surface area (Å²) in [6.07, 6.45) is 1.06. The third-order valence-electron chi connectivity index (χ3n) is 3.61. The molecule has 29 heavy (non-hydrogen) atoms. The van der Waals surface area contributed by atoms with Gasteiger partial charge in [-0.1, -0.05) is 11.6 Å². The van der Waals surface area contributed by atoms with Crippen LogP contribution >= 0.6 is 11.6 Å². The molecule has 0 aliphatic heterocycles. The summed E-state index contributed by atoms with van der Waals surface area (Å²) in [5, 5.41) is 9.31. The van der Waals surface area contributed by atoms with Gasteiger partial charge in [-0.15, -0.1) is 0 Å². The second-order valence-electron chi connectivity index (χ2n) is 7.14. The zero-order valence-electron chi connectivity index (χ0n) is 16.3. The molecule has 1 N–H and O–H groups in total. The minimum Gasteiger partial charge on any atom is -0.443 e. The second-order valence-corrected chi connectivity index (χ2v) is 9.52. The van der Waals surface area contributed by atoms with Crippen molar-refractivity contribution in [1.82, 2.24) is 9.97 Å². The number of ether oxygens (including phenoxy) is 1. The first-order chi connectivity index (χ1) is 13.3. The number of carbonyl (C=O) groups excluding carboxylic acids is 1. The lowest BCUT2D eigenvalue weighted by atomic mass is 10.2. The molecule has 2 rings (SSSR count). The summed E-state index contributed by atoms with van der Waals surface area (Å²) in [6, 6.07) is 3.10. The van der Waals surface area contributed by atoms with E-state index >= 15 is 0 Å². The highest BCUT2D eigenvalue weighted by Crippen LogP contribution is 2.34. The minimum atomic E-state index is -3.66. The van der Waals surface area contributed by atoms with E-state index in [4.69, 9.17) is 16.3 Å². The second kappa shape index (κ2) is 8.60. The number of halogens is 2. The molecule has 1 amide bonds. The number of carbonyl (C=O) groups is 1. The van der Waals surface area contributed by atoms with Gasteiger partial charge in [0.05, 0.1) is 10.6 Å². The van der Waals surface area contributed by atoms with Gasteiger partial charge in [0.15, 0.2) is 15.7 Å². The number of hydrogen-bond acceptors (Lipinski definition) is 7. The molecule has 0 saturated carbocycles. The number of aliphatic hydroxyl groups is 1. The van der Waals surface area contributed by atoms with Crippen LogP contribution in [-0.2, 0) is 21.0 Å². The van der Waals surface area contributed by atoms with Gasteiger partial charge in [-0.25, -0.2) is 32.5 Å². The van der Waals surface area contributed by atoms with Gasteiger partial charge in [-0.05, 0) is 39.0 Å². The molecule has 1 heterocycles. The van der Waals surface area contributed by atoms with Crippen molar-refractivity contribution in [3.63, 3.8) is 0 Å². The van der Waals surface area contributed by atoms with Crippen LogP contribution in [0.3, 0.4) is 0 Å². The SMILES string of the molecule is CC(C)(C)OC(=O)N(c1ccc(S(C)(=O)=O)cc1F)c1ncnc(Cl)c1CCO. The van der Waals surface area contributed by atoms with Crippen molar-refractivity contribution in [2.24, 2.45) is 0 Å². The monoisotopic (exact) mass is 445 g/mol. The van der Waals surface area contributed by atoms with E-state index in [-0.39, 0.29) is 40.1 Å². The Morgan fingerprint density at radius 2 is 1.97 bits per heavy atom. The molecule has 158 valence electrons. The summed E-state index contributed by atoms with van der Waals surface area (Å²) >= 11 is 6.09. The highest BCUT2D eigenvalue weighted by atomic mass is 35.5. The molecule has 8 nitrogen and oxygen atoms in total. The topological polar surface area (TPSA) is 110 Å². The number of amides is 1. The van der Waals surface area contributed by atoms with Crippen LogP contribution < -0.4 is 4.90 Å². The molecule has 0 fully saturated rings. The van der Waals surface area contributed by atoms with Crippen molar-refractivity contribution in [2.75, 3.05) is 17.8 Å². The number of aromatic nitrogens is 2. The number of sulfone groups is 1. The van der Waals surface area contributed by atoms with Crippen LogP contribution in [0.25, 0.3) is 0 Å². The summed E-state index contributed by atoms with van der Waals surface area (Å²) in [7, 11) is -3.66. The van der Waals surface area contributed by atoms with Gasteiger partial charge in [0.2, 0.25) is 0 Å². The maximum Gasteiger partial charge on any atom is 0.420 e.